The first kappa shape index (κ1) is 13.1. The second kappa shape index (κ2) is 4.88. The molecule has 0 fully saturated rings. The molecule has 0 aliphatic rings. The van der Waals surface area contributed by atoms with E-state index in [9.17, 15) is 10.2 Å². The van der Waals surface area contributed by atoms with Gasteiger partial charge in [-0.25, -0.2) is 0 Å². The Morgan fingerprint density at radius 3 is 1.88 bits per heavy atom. The van der Waals surface area contributed by atoms with Crippen LogP contribution in [0.15, 0.2) is 36.4 Å². The lowest BCUT2D eigenvalue weighted by Gasteiger charge is -2.06. The molecule has 2 aromatic rings. The van der Waals surface area contributed by atoms with Gasteiger partial charge in [0.25, 0.3) is 0 Å². The molecule has 2 aromatic carbocycles. The predicted molar refractivity (Wildman–Crippen MR) is 74.4 cm³/mol. The molecule has 0 radical (unpaired) electrons. The molecule has 0 unspecified atom stereocenters. The lowest BCUT2D eigenvalue weighted by Crippen LogP contribution is -1.88. The molecule has 0 atom stereocenters. The van der Waals surface area contributed by atoms with Crippen molar-refractivity contribution in [3.63, 3.8) is 0 Å². The molecule has 0 saturated heterocycles. The fraction of sp³-hybridized carbons (Fsp3) is 0. The lowest BCUT2D eigenvalue weighted by atomic mass is 10.0. The average molecular weight is 250 g/mol. The van der Waals surface area contributed by atoms with Crippen LogP contribution in [0.2, 0.25) is 0 Å². The fourth-order valence-electron chi connectivity index (χ4n) is 1.46. The topological polar surface area (TPSA) is 92.5 Å². The minimum absolute atomic E-state index is 0. The van der Waals surface area contributed by atoms with E-state index in [1.165, 1.54) is 6.07 Å². The number of rotatable bonds is 1. The van der Waals surface area contributed by atoms with Gasteiger partial charge in [0.2, 0.25) is 0 Å². The number of nitrogen functional groups attached to an aromatic ring is 2. The Bertz CT molecular complexity index is 495. The van der Waals surface area contributed by atoms with Crippen molar-refractivity contribution in [3.8, 4) is 22.6 Å². The van der Waals surface area contributed by atoms with Crippen LogP contribution in [0.25, 0.3) is 11.1 Å². The number of phenols is 2. The SMILES string of the molecule is Nc1cc(-c2ccc(N)c(O)c2)ccc1O.S. The fourth-order valence-corrected chi connectivity index (χ4v) is 1.46. The van der Waals surface area contributed by atoms with Crippen molar-refractivity contribution >= 4 is 24.9 Å². The number of hydrogen-bond acceptors (Lipinski definition) is 4. The molecule has 4 nitrogen and oxygen atoms in total. The quantitative estimate of drug-likeness (QED) is 0.460. The zero-order chi connectivity index (χ0) is 11.7. The molecule has 90 valence electrons. The van der Waals surface area contributed by atoms with Gasteiger partial charge in [-0.15, -0.1) is 0 Å². The lowest BCUT2D eigenvalue weighted by molar-refractivity contribution is 0.478. The summed E-state index contributed by atoms with van der Waals surface area (Å²) in [4.78, 5) is 0. The highest BCUT2D eigenvalue weighted by atomic mass is 32.1. The first-order chi connectivity index (χ1) is 7.58. The van der Waals surface area contributed by atoms with Gasteiger partial charge in [-0.1, -0.05) is 12.1 Å². The number of anilines is 2. The molecule has 0 saturated carbocycles. The third-order valence-electron chi connectivity index (χ3n) is 2.39. The predicted octanol–water partition coefficient (Wildman–Crippen LogP) is 2.04. The Labute approximate surface area is 106 Å². The molecule has 0 bridgehead atoms. The molecular weight excluding hydrogens is 236 g/mol. The van der Waals surface area contributed by atoms with Gasteiger partial charge in [-0.3, -0.25) is 0 Å². The molecule has 0 aliphatic carbocycles. The van der Waals surface area contributed by atoms with Crippen molar-refractivity contribution in [2.24, 2.45) is 0 Å². The van der Waals surface area contributed by atoms with Crippen molar-refractivity contribution in [1.29, 1.82) is 0 Å². The normalized spacial score (nSPS) is 9.65. The average Bonchev–Trinajstić information content (AvgIpc) is 2.26. The highest BCUT2D eigenvalue weighted by molar-refractivity contribution is 7.59. The molecule has 17 heavy (non-hydrogen) atoms. The minimum atomic E-state index is 0. The van der Waals surface area contributed by atoms with Gasteiger partial charge >= 0.3 is 0 Å². The number of phenolic OH excluding ortho intramolecular Hbond substituents is 2. The second-order valence-electron chi connectivity index (χ2n) is 3.55. The highest BCUT2D eigenvalue weighted by Crippen LogP contribution is 2.31. The molecule has 0 aromatic heterocycles. The van der Waals surface area contributed by atoms with Gasteiger partial charge in [0.1, 0.15) is 11.5 Å². The summed E-state index contributed by atoms with van der Waals surface area (Å²) in [5.74, 6) is 0.0764. The molecule has 5 heteroatoms. The Kier molecular flexibility index (Phi) is 3.75. The summed E-state index contributed by atoms with van der Waals surface area (Å²) in [6.45, 7) is 0. The van der Waals surface area contributed by atoms with Crippen LogP contribution in [-0.2, 0) is 0 Å². The summed E-state index contributed by atoms with van der Waals surface area (Å²) >= 11 is 0. The highest BCUT2D eigenvalue weighted by Gasteiger charge is 2.04. The molecule has 2 rings (SSSR count). The van der Waals surface area contributed by atoms with E-state index in [4.69, 9.17) is 11.5 Å². The molecule has 6 N–H and O–H groups in total. The maximum absolute atomic E-state index is 9.48. The van der Waals surface area contributed by atoms with Crippen molar-refractivity contribution in [2.75, 3.05) is 11.5 Å². The summed E-state index contributed by atoms with van der Waals surface area (Å²) in [5, 5.41) is 18.8. The summed E-state index contributed by atoms with van der Waals surface area (Å²) in [6, 6.07) is 9.82. The largest absolute Gasteiger partial charge is 0.506 e. The van der Waals surface area contributed by atoms with Crippen LogP contribution in [0.4, 0.5) is 11.4 Å². The van der Waals surface area contributed by atoms with Crippen LogP contribution in [0.1, 0.15) is 0 Å². The van der Waals surface area contributed by atoms with E-state index in [0.717, 1.165) is 11.1 Å². The van der Waals surface area contributed by atoms with E-state index in [1.807, 2.05) is 0 Å². The Morgan fingerprint density at radius 2 is 1.29 bits per heavy atom. The van der Waals surface area contributed by atoms with Crippen molar-refractivity contribution in [1.82, 2.24) is 0 Å². The maximum atomic E-state index is 9.48. The number of aromatic hydroxyl groups is 2. The van der Waals surface area contributed by atoms with Crippen molar-refractivity contribution in [2.45, 2.75) is 0 Å². The van der Waals surface area contributed by atoms with Crippen molar-refractivity contribution < 1.29 is 10.2 Å². The van der Waals surface area contributed by atoms with E-state index in [0.29, 0.717) is 11.4 Å². The van der Waals surface area contributed by atoms with Crippen LogP contribution < -0.4 is 11.5 Å². The van der Waals surface area contributed by atoms with Gasteiger partial charge in [0, 0.05) is 0 Å². The summed E-state index contributed by atoms with van der Waals surface area (Å²) in [6.07, 6.45) is 0. The smallest absolute Gasteiger partial charge is 0.139 e. The van der Waals surface area contributed by atoms with Gasteiger partial charge < -0.3 is 21.7 Å². The summed E-state index contributed by atoms with van der Waals surface area (Å²) in [7, 11) is 0. The van der Waals surface area contributed by atoms with Crippen LogP contribution in [0, 0.1) is 0 Å². The number of benzene rings is 2. The zero-order valence-corrected chi connectivity index (χ0v) is 10.0. The van der Waals surface area contributed by atoms with E-state index >= 15 is 0 Å². The van der Waals surface area contributed by atoms with Crippen LogP contribution in [0.5, 0.6) is 11.5 Å². The first-order valence-electron chi connectivity index (χ1n) is 4.75. The monoisotopic (exact) mass is 250 g/mol. The first-order valence-corrected chi connectivity index (χ1v) is 4.75. The standard InChI is InChI=1S/C12H12N2O2.H2S/c13-9-3-1-8(6-12(9)16)7-2-4-11(15)10(14)5-7;/h1-6,15-16H,13-14H2;1H2. The Hall–Kier alpha value is -2.01. The maximum Gasteiger partial charge on any atom is 0.139 e. The zero-order valence-electron chi connectivity index (χ0n) is 9.01. The number of nitrogens with two attached hydrogens (primary N) is 2. The van der Waals surface area contributed by atoms with E-state index in [2.05, 4.69) is 0 Å². The van der Waals surface area contributed by atoms with Crippen LogP contribution in [0.3, 0.4) is 0 Å². The van der Waals surface area contributed by atoms with Gasteiger partial charge in [-0.05, 0) is 35.4 Å². The van der Waals surface area contributed by atoms with Crippen molar-refractivity contribution in [3.05, 3.63) is 36.4 Å². The second-order valence-corrected chi connectivity index (χ2v) is 3.55. The van der Waals surface area contributed by atoms with Crippen LogP contribution in [-0.4, -0.2) is 10.2 Å². The van der Waals surface area contributed by atoms with E-state index in [-0.39, 0.29) is 25.0 Å². The minimum Gasteiger partial charge on any atom is -0.506 e. The van der Waals surface area contributed by atoms with Gasteiger partial charge in [-0.2, -0.15) is 13.5 Å². The van der Waals surface area contributed by atoms with Gasteiger partial charge in [0.15, 0.2) is 0 Å². The Balaban J connectivity index is 0.00000144. The Morgan fingerprint density at radius 1 is 0.706 bits per heavy atom. The summed E-state index contributed by atoms with van der Waals surface area (Å²) in [5.41, 5.74) is 13.3. The summed E-state index contributed by atoms with van der Waals surface area (Å²) < 4.78 is 0. The third-order valence-corrected chi connectivity index (χ3v) is 2.39. The van der Waals surface area contributed by atoms with E-state index in [1.54, 1.807) is 30.3 Å². The van der Waals surface area contributed by atoms with E-state index < -0.39 is 0 Å². The molecule has 0 amide bonds. The number of hydrogen-bond donors (Lipinski definition) is 4. The molecule has 0 spiro atoms. The van der Waals surface area contributed by atoms with Crippen LogP contribution >= 0.6 is 13.5 Å². The third kappa shape index (κ3) is 2.57. The molecule has 0 aliphatic heterocycles. The molecule has 0 heterocycles. The van der Waals surface area contributed by atoms with Gasteiger partial charge in [0.05, 0.1) is 11.4 Å². The molecular formula is C12H14N2O2S.